The van der Waals surface area contributed by atoms with E-state index in [2.05, 4.69) is 10.6 Å². The van der Waals surface area contributed by atoms with Crippen LogP contribution in [0, 0.1) is 13.8 Å². The van der Waals surface area contributed by atoms with Gasteiger partial charge in [0.05, 0.1) is 13.2 Å². The van der Waals surface area contributed by atoms with E-state index >= 15 is 0 Å². The van der Waals surface area contributed by atoms with Crippen LogP contribution in [0.2, 0.25) is 0 Å². The molecule has 2 amide bonds. The molecule has 0 fully saturated rings. The molecule has 0 aliphatic carbocycles. The third-order valence-electron chi connectivity index (χ3n) is 5.92. The van der Waals surface area contributed by atoms with E-state index in [9.17, 15) is 19.5 Å². The predicted octanol–water partition coefficient (Wildman–Crippen LogP) is 3.04. The smallest absolute Gasteiger partial charge is 0.328 e. The van der Waals surface area contributed by atoms with Gasteiger partial charge in [0.25, 0.3) is 11.8 Å². The molecule has 0 aliphatic heterocycles. The Morgan fingerprint density at radius 3 is 1.97 bits per heavy atom. The Hall–Kier alpha value is -3.97. The second-order valence-corrected chi connectivity index (χ2v) is 8.33. The van der Waals surface area contributed by atoms with Crippen LogP contribution in [0.5, 0.6) is 0 Å². The molecule has 0 bridgehead atoms. The monoisotopic (exact) mass is 474 g/mol. The first-order valence-electron chi connectivity index (χ1n) is 11.3. The molecule has 3 N–H and O–H groups in total. The van der Waals surface area contributed by atoms with Crippen LogP contribution in [-0.2, 0) is 20.7 Å². The fourth-order valence-corrected chi connectivity index (χ4v) is 3.94. The number of methoxy groups -OCH3 is 1. The van der Waals surface area contributed by atoms with Gasteiger partial charge in [-0.15, -0.1) is 0 Å². The van der Waals surface area contributed by atoms with Crippen molar-refractivity contribution in [3.63, 3.8) is 0 Å². The van der Waals surface area contributed by atoms with E-state index < -0.39 is 36.0 Å². The highest BCUT2D eigenvalue weighted by Gasteiger charge is 2.33. The normalized spacial score (nSPS) is 13.3. The molecule has 0 radical (unpaired) electrons. The van der Waals surface area contributed by atoms with E-state index in [4.69, 9.17) is 4.74 Å². The van der Waals surface area contributed by atoms with Crippen LogP contribution in [-0.4, -0.2) is 42.1 Å². The third kappa shape index (κ3) is 6.55. The van der Waals surface area contributed by atoms with Crippen LogP contribution in [0.1, 0.15) is 38.7 Å². The fraction of sp³-hybridized carbons (Fsp3) is 0.250. The summed E-state index contributed by atoms with van der Waals surface area (Å²) < 4.78 is 4.91. The van der Waals surface area contributed by atoms with Crippen molar-refractivity contribution in [1.82, 2.24) is 10.6 Å². The molecule has 0 saturated carbocycles. The maximum Gasteiger partial charge on any atom is 0.328 e. The minimum atomic E-state index is -1.66. The Labute approximate surface area is 205 Å². The number of aryl methyl sites for hydroxylation is 2. The summed E-state index contributed by atoms with van der Waals surface area (Å²) in [6.07, 6.45) is -1.45. The van der Waals surface area contributed by atoms with E-state index in [1.54, 1.807) is 60.7 Å². The second kappa shape index (κ2) is 11.9. The average Bonchev–Trinajstić information content (AvgIpc) is 2.88. The number of benzene rings is 3. The van der Waals surface area contributed by atoms with Crippen LogP contribution < -0.4 is 10.6 Å². The van der Waals surface area contributed by atoms with Gasteiger partial charge in [0.1, 0.15) is 6.04 Å². The van der Waals surface area contributed by atoms with Crippen molar-refractivity contribution < 1.29 is 24.2 Å². The average molecular weight is 475 g/mol. The zero-order chi connectivity index (χ0) is 25.4. The van der Waals surface area contributed by atoms with Crippen LogP contribution in [0.3, 0.4) is 0 Å². The first-order chi connectivity index (χ1) is 16.8. The number of carbonyl (C=O) groups excluding carboxylic acids is 3. The quantitative estimate of drug-likeness (QED) is 0.414. The summed E-state index contributed by atoms with van der Waals surface area (Å²) in [5.74, 6) is -1.86. The molecule has 7 nitrogen and oxygen atoms in total. The predicted molar refractivity (Wildman–Crippen MR) is 133 cm³/mol. The van der Waals surface area contributed by atoms with Crippen molar-refractivity contribution in [2.75, 3.05) is 7.11 Å². The summed E-state index contributed by atoms with van der Waals surface area (Å²) in [4.78, 5) is 38.5. The molecule has 182 valence electrons. The molecule has 0 aromatic heterocycles. The summed E-state index contributed by atoms with van der Waals surface area (Å²) in [6, 6.07) is 21.0. The first-order valence-corrected chi connectivity index (χ1v) is 11.3. The summed E-state index contributed by atoms with van der Waals surface area (Å²) in [6.45, 7) is 3.86. The van der Waals surface area contributed by atoms with Gasteiger partial charge in [-0.3, -0.25) is 9.59 Å². The lowest BCUT2D eigenvalue weighted by molar-refractivity contribution is -0.146. The summed E-state index contributed by atoms with van der Waals surface area (Å²) in [7, 11) is 1.25. The molecule has 0 saturated heterocycles. The van der Waals surface area contributed by atoms with Gasteiger partial charge in [-0.1, -0.05) is 66.7 Å². The van der Waals surface area contributed by atoms with Gasteiger partial charge in [0.15, 0.2) is 6.10 Å². The van der Waals surface area contributed by atoms with Gasteiger partial charge in [0, 0.05) is 12.0 Å². The molecule has 35 heavy (non-hydrogen) atoms. The topological polar surface area (TPSA) is 105 Å². The van der Waals surface area contributed by atoms with Gasteiger partial charge in [-0.2, -0.15) is 0 Å². The minimum Gasteiger partial charge on any atom is -0.467 e. The summed E-state index contributed by atoms with van der Waals surface area (Å²) in [5.41, 5.74) is 3.80. The zero-order valence-electron chi connectivity index (χ0n) is 20.0. The van der Waals surface area contributed by atoms with Crippen LogP contribution in [0.15, 0.2) is 78.9 Å². The van der Waals surface area contributed by atoms with E-state index in [0.29, 0.717) is 11.1 Å². The number of hydrogen-bond donors (Lipinski definition) is 3. The maximum atomic E-state index is 13.1. The Kier molecular flexibility index (Phi) is 8.75. The molecule has 0 heterocycles. The molecule has 0 unspecified atom stereocenters. The highest BCUT2D eigenvalue weighted by atomic mass is 16.5. The number of hydrogen-bond acceptors (Lipinski definition) is 5. The van der Waals surface area contributed by atoms with E-state index in [1.165, 1.54) is 7.11 Å². The number of carbonyl (C=O) groups is 3. The lowest BCUT2D eigenvalue weighted by atomic mass is 9.95. The van der Waals surface area contributed by atoms with E-state index in [1.807, 2.05) is 32.0 Å². The lowest BCUT2D eigenvalue weighted by Crippen LogP contribution is -2.51. The molecule has 7 heteroatoms. The van der Waals surface area contributed by atoms with Crippen molar-refractivity contribution in [1.29, 1.82) is 0 Å². The Morgan fingerprint density at radius 1 is 0.829 bits per heavy atom. The maximum absolute atomic E-state index is 13.1. The van der Waals surface area contributed by atoms with Crippen LogP contribution in [0.25, 0.3) is 0 Å². The Morgan fingerprint density at radius 2 is 1.40 bits per heavy atom. The number of aliphatic hydroxyl groups excluding tert-OH is 1. The third-order valence-corrected chi connectivity index (χ3v) is 5.92. The first kappa shape index (κ1) is 25.6. The van der Waals surface area contributed by atoms with Crippen LogP contribution >= 0.6 is 0 Å². The van der Waals surface area contributed by atoms with Crippen molar-refractivity contribution in [2.24, 2.45) is 0 Å². The standard InChI is InChI=1S/C28H30N2O5/c1-18-11-10-12-19(2)22(18)17-23(28(34)35-3)29-27(33)25(31)24(20-13-6-4-7-14-20)30-26(32)21-15-8-5-9-16-21/h4-16,23-25,31H,17H2,1-3H3,(H,29,33)(H,30,32)/t23-,24-,25+/m0/s1. The summed E-state index contributed by atoms with van der Waals surface area (Å²) in [5, 5.41) is 16.4. The number of esters is 1. The highest BCUT2D eigenvalue weighted by Crippen LogP contribution is 2.20. The number of amides is 2. The van der Waals surface area contributed by atoms with Crippen molar-refractivity contribution >= 4 is 17.8 Å². The SMILES string of the molecule is COC(=O)[C@H](Cc1c(C)cccc1C)NC(=O)[C@H](O)[C@@H](NC(=O)c1ccccc1)c1ccccc1. The molecule has 3 rings (SSSR count). The lowest BCUT2D eigenvalue weighted by Gasteiger charge is -2.26. The van der Waals surface area contributed by atoms with Gasteiger partial charge in [0.2, 0.25) is 0 Å². The Bertz CT molecular complexity index is 1140. The van der Waals surface area contributed by atoms with Gasteiger partial charge < -0.3 is 20.5 Å². The molecule has 0 spiro atoms. The molecule has 0 aliphatic rings. The number of nitrogens with one attached hydrogen (secondary N) is 2. The number of aliphatic hydroxyl groups is 1. The van der Waals surface area contributed by atoms with E-state index in [0.717, 1.165) is 16.7 Å². The molecule has 3 aromatic carbocycles. The molecule has 3 aromatic rings. The molecule has 3 atom stereocenters. The second-order valence-electron chi connectivity index (χ2n) is 8.33. The molecular formula is C28H30N2O5. The summed E-state index contributed by atoms with van der Waals surface area (Å²) >= 11 is 0. The van der Waals surface area contributed by atoms with Crippen LogP contribution in [0.4, 0.5) is 0 Å². The van der Waals surface area contributed by atoms with Gasteiger partial charge in [-0.25, -0.2) is 4.79 Å². The highest BCUT2D eigenvalue weighted by molar-refractivity contribution is 5.95. The number of rotatable bonds is 9. The zero-order valence-corrected chi connectivity index (χ0v) is 20.0. The van der Waals surface area contributed by atoms with Crippen molar-refractivity contribution in [3.05, 3.63) is 107 Å². The van der Waals surface area contributed by atoms with E-state index in [-0.39, 0.29) is 6.42 Å². The van der Waals surface area contributed by atoms with Crippen molar-refractivity contribution in [2.45, 2.75) is 38.5 Å². The van der Waals surface area contributed by atoms with Gasteiger partial charge >= 0.3 is 5.97 Å². The molecular weight excluding hydrogens is 444 g/mol. The van der Waals surface area contributed by atoms with Gasteiger partial charge in [-0.05, 0) is 48.2 Å². The fourth-order valence-electron chi connectivity index (χ4n) is 3.94. The number of ether oxygens (including phenoxy) is 1. The van der Waals surface area contributed by atoms with Crippen molar-refractivity contribution in [3.8, 4) is 0 Å². The largest absolute Gasteiger partial charge is 0.467 e. The Balaban J connectivity index is 1.84. The minimum absolute atomic E-state index is 0.204.